The van der Waals surface area contributed by atoms with Crippen molar-refractivity contribution in [1.29, 1.82) is 0 Å². The Morgan fingerprint density at radius 3 is 2.05 bits per heavy atom. The summed E-state index contributed by atoms with van der Waals surface area (Å²) in [7, 11) is 1.74. The van der Waals surface area contributed by atoms with Crippen LogP contribution in [-0.2, 0) is 9.63 Å². The van der Waals surface area contributed by atoms with Gasteiger partial charge in [0.05, 0.1) is 6.61 Å². The smallest absolute Gasteiger partial charge is 0.251 e. The minimum absolute atomic E-state index is 0.142. The number of unbranched alkanes of at least 4 members (excludes halogenated alkanes) is 5. The summed E-state index contributed by atoms with van der Waals surface area (Å²) >= 11 is 0. The molecule has 0 aromatic heterocycles. The molecule has 1 unspecified atom stereocenters. The third-order valence-electron chi connectivity index (χ3n) is 4.04. The van der Waals surface area contributed by atoms with Crippen LogP contribution in [0.3, 0.4) is 0 Å². The predicted octanol–water partition coefficient (Wildman–Crippen LogP) is 4.95. The molecule has 0 rings (SSSR count). The van der Waals surface area contributed by atoms with Gasteiger partial charge in [0.2, 0.25) is 0 Å². The topological polar surface area (TPSA) is 29.5 Å². The third-order valence-corrected chi connectivity index (χ3v) is 4.04. The van der Waals surface area contributed by atoms with Gasteiger partial charge in [0.15, 0.2) is 0 Å². The molecule has 0 aromatic rings. The van der Waals surface area contributed by atoms with Crippen molar-refractivity contribution in [3.63, 3.8) is 0 Å². The number of amides is 1. The zero-order valence-corrected chi connectivity index (χ0v) is 14.3. The maximum absolute atomic E-state index is 12.6. The Labute approximate surface area is 126 Å². The summed E-state index contributed by atoms with van der Waals surface area (Å²) in [4.78, 5) is 17.9. The molecule has 0 fully saturated rings. The number of hydrogen-bond acceptors (Lipinski definition) is 2. The summed E-state index contributed by atoms with van der Waals surface area (Å²) in [5.74, 6) is 0.142. The molecule has 20 heavy (non-hydrogen) atoms. The van der Waals surface area contributed by atoms with Crippen molar-refractivity contribution in [2.45, 2.75) is 85.5 Å². The van der Waals surface area contributed by atoms with Gasteiger partial charge in [-0.25, -0.2) is 5.06 Å². The van der Waals surface area contributed by atoms with Crippen molar-refractivity contribution in [2.75, 3.05) is 13.7 Å². The van der Waals surface area contributed by atoms with Gasteiger partial charge in [-0.2, -0.15) is 0 Å². The molecule has 0 saturated heterocycles. The summed E-state index contributed by atoms with van der Waals surface area (Å²) in [6.45, 7) is 8.98. The second-order valence-electron chi connectivity index (χ2n) is 6.05. The van der Waals surface area contributed by atoms with Crippen LogP contribution < -0.4 is 0 Å². The van der Waals surface area contributed by atoms with Gasteiger partial charge >= 0.3 is 0 Å². The Hall–Kier alpha value is -0.570. The standard InChI is InChI=1S/C17H35NO2/c1-6-9-11-12-13-15-17(4,14-10-7-2)16(19)18(5)20-8-3/h6-15H2,1-5H3. The molecule has 0 bridgehead atoms. The average Bonchev–Trinajstić information content (AvgIpc) is 2.44. The lowest BCUT2D eigenvalue weighted by Gasteiger charge is -2.32. The normalized spacial score (nSPS) is 14.1. The lowest BCUT2D eigenvalue weighted by molar-refractivity contribution is -0.188. The largest absolute Gasteiger partial charge is 0.272 e. The molecule has 0 aliphatic carbocycles. The van der Waals surface area contributed by atoms with Gasteiger partial charge in [-0.3, -0.25) is 9.63 Å². The Kier molecular flexibility index (Phi) is 10.8. The average molecular weight is 285 g/mol. The lowest BCUT2D eigenvalue weighted by atomic mass is 9.79. The zero-order valence-electron chi connectivity index (χ0n) is 14.3. The fourth-order valence-corrected chi connectivity index (χ4v) is 2.66. The van der Waals surface area contributed by atoms with E-state index in [-0.39, 0.29) is 11.3 Å². The molecule has 0 aliphatic heterocycles. The maximum Gasteiger partial charge on any atom is 0.251 e. The minimum Gasteiger partial charge on any atom is -0.272 e. The lowest BCUT2D eigenvalue weighted by Crippen LogP contribution is -2.40. The van der Waals surface area contributed by atoms with E-state index in [1.54, 1.807) is 7.05 Å². The van der Waals surface area contributed by atoms with Crippen LogP contribution in [-0.4, -0.2) is 24.6 Å². The van der Waals surface area contributed by atoms with Crippen molar-refractivity contribution in [2.24, 2.45) is 5.41 Å². The molecule has 0 heterocycles. The highest BCUT2D eigenvalue weighted by molar-refractivity contribution is 5.81. The van der Waals surface area contributed by atoms with E-state index in [9.17, 15) is 4.79 Å². The molecular formula is C17H35NO2. The van der Waals surface area contributed by atoms with E-state index in [1.807, 2.05) is 6.92 Å². The molecule has 120 valence electrons. The van der Waals surface area contributed by atoms with Crippen LogP contribution in [0.5, 0.6) is 0 Å². The highest BCUT2D eigenvalue weighted by atomic mass is 16.7. The molecule has 0 N–H and O–H groups in total. The van der Waals surface area contributed by atoms with E-state index < -0.39 is 0 Å². The molecule has 0 aliphatic rings. The number of rotatable bonds is 12. The number of nitrogens with zero attached hydrogens (tertiary/aromatic N) is 1. The Balaban J connectivity index is 4.44. The van der Waals surface area contributed by atoms with Crippen molar-refractivity contribution < 1.29 is 9.63 Å². The molecular weight excluding hydrogens is 250 g/mol. The van der Waals surface area contributed by atoms with Crippen molar-refractivity contribution in [3.8, 4) is 0 Å². The van der Waals surface area contributed by atoms with Crippen LogP contribution in [0.4, 0.5) is 0 Å². The summed E-state index contributed by atoms with van der Waals surface area (Å²) in [5.41, 5.74) is -0.258. The first-order valence-electron chi connectivity index (χ1n) is 8.42. The fourth-order valence-electron chi connectivity index (χ4n) is 2.66. The van der Waals surface area contributed by atoms with Gasteiger partial charge in [0.1, 0.15) is 0 Å². The van der Waals surface area contributed by atoms with Crippen molar-refractivity contribution in [1.82, 2.24) is 5.06 Å². The molecule has 3 nitrogen and oxygen atoms in total. The summed E-state index contributed by atoms with van der Waals surface area (Å²) in [6.07, 6.45) is 10.4. The molecule has 1 atom stereocenters. The zero-order chi connectivity index (χ0) is 15.4. The second-order valence-corrected chi connectivity index (χ2v) is 6.05. The Morgan fingerprint density at radius 1 is 0.950 bits per heavy atom. The molecule has 0 aromatic carbocycles. The molecule has 3 heteroatoms. The van der Waals surface area contributed by atoms with Crippen LogP contribution in [0, 0.1) is 5.41 Å². The van der Waals surface area contributed by atoms with Gasteiger partial charge < -0.3 is 0 Å². The highest BCUT2D eigenvalue weighted by Gasteiger charge is 2.34. The summed E-state index contributed by atoms with van der Waals surface area (Å²) in [5, 5.41) is 1.45. The SMILES string of the molecule is CCCCCCCC(C)(CCCC)C(=O)N(C)OCC. The molecule has 0 spiro atoms. The first kappa shape index (κ1) is 19.4. The quantitative estimate of drug-likeness (QED) is 0.375. The monoisotopic (exact) mass is 285 g/mol. The Morgan fingerprint density at radius 2 is 1.50 bits per heavy atom. The van der Waals surface area contributed by atoms with E-state index in [0.29, 0.717) is 6.61 Å². The second kappa shape index (κ2) is 11.1. The minimum atomic E-state index is -0.258. The third kappa shape index (κ3) is 7.28. The van der Waals surface area contributed by atoms with E-state index >= 15 is 0 Å². The fraction of sp³-hybridized carbons (Fsp3) is 0.941. The maximum atomic E-state index is 12.6. The van der Waals surface area contributed by atoms with Crippen LogP contribution >= 0.6 is 0 Å². The summed E-state index contributed by atoms with van der Waals surface area (Å²) in [6, 6.07) is 0. The van der Waals surface area contributed by atoms with Crippen LogP contribution in [0.1, 0.15) is 85.5 Å². The van der Waals surface area contributed by atoms with Crippen molar-refractivity contribution >= 4 is 5.91 Å². The number of hydroxylamine groups is 2. The van der Waals surface area contributed by atoms with Crippen LogP contribution in [0.25, 0.3) is 0 Å². The van der Waals surface area contributed by atoms with Gasteiger partial charge in [0.25, 0.3) is 5.91 Å². The number of carbonyl (C=O) groups is 1. The van der Waals surface area contributed by atoms with Crippen LogP contribution in [0.15, 0.2) is 0 Å². The number of carbonyl (C=O) groups excluding carboxylic acids is 1. The Bertz CT molecular complexity index is 255. The van der Waals surface area contributed by atoms with Gasteiger partial charge in [0, 0.05) is 12.5 Å². The number of hydrogen-bond donors (Lipinski definition) is 0. The van der Waals surface area contributed by atoms with Gasteiger partial charge in [-0.1, -0.05) is 65.7 Å². The highest BCUT2D eigenvalue weighted by Crippen LogP contribution is 2.33. The first-order chi connectivity index (χ1) is 9.51. The summed E-state index contributed by atoms with van der Waals surface area (Å²) < 4.78 is 0. The van der Waals surface area contributed by atoms with E-state index in [0.717, 1.165) is 32.1 Å². The van der Waals surface area contributed by atoms with Gasteiger partial charge in [-0.15, -0.1) is 0 Å². The van der Waals surface area contributed by atoms with E-state index in [2.05, 4.69) is 20.8 Å². The molecule has 1 amide bonds. The first-order valence-corrected chi connectivity index (χ1v) is 8.42. The van der Waals surface area contributed by atoms with Crippen molar-refractivity contribution in [3.05, 3.63) is 0 Å². The van der Waals surface area contributed by atoms with Gasteiger partial charge in [-0.05, 0) is 19.8 Å². The molecule has 0 saturated carbocycles. The van der Waals surface area contributed by atoms with Crippen LogP contribution in [0.2, 0.25) is 0 Å². The van der Waals surface area contributed by atoms with E-state index in [4.69, 9.17) is 4.84 Å². The van der Waals surface area contributed by atoms with E-state index in [1.165, 1.54) is 30.7 Å². The molecule has 0 radical (unpaired) electrons. The predicted molar refractivity (Wildman–Crippen MR) is 85.4 cm³/mol.